The van der Waals surface area contributed by atoms with Crippen molar-refractivity contribution in [2.45, 2.75) is 37.8 Å². The van der Waals surface area contributed by atoms with E-state index in [0.29, 0.717) is 11.4 Å². The van der Waals surface area contributed by atoms with E-state index in [1.807, 2.05) is 12.1 Å². The SMILES string of the molecule is CC1CCN(Cc2ccc(CNS(=O)(=O)c3ccc4c(c3)NC(=O)CO4)cc2)CC1. The molecule has 30 heavy (non-hydrogen) atoms. The van der Waals surface area contributed by atoms with E-state index < -0.39 is 10.0 Å². The van der Waals surface area contributed by atoms with E-state index in [9.17, 15) is 13.2 Å². The van der Waals surface area contributed by atoms with E-state index in [-0.39, 0.29) is 24.0 Å². The van der Waals surface area contributed by atoms with Crippen molar-refractivity contribution < 1.29 is 17.9 Å². The summed E-state index contributed by atoms with van der Waals surface area (Å²) in [6, 6.07) is 12.5. The zero-order chi connectivity index (χ0) is 21.1. The zero-order valence-corrected chi connectivity index (χ0v) is 17.9. The Morgan fingerprint density at radius 1 is 1.10 bits per heavy atom. The number of carbonyl (C=O) groups excluding carboxylic acids is 1. The van der Waals surface area contributed by atoms with E-state index in [0.717, 1.165) is 31.1 Å². The lowest BCUT2D eigenvalue weighted by molar-refractivity contribution is -0.118. The van der Waals surface area contributed by atoms with E-state index in [1.165, 1.54) is 30.5 Å². The lowest BCUT2D eigenvalue weighted by Gasteiger charge is -2.30. The third-order valence-corrected chi connectivity index (χ3v) is 7.06. The summed E-state index contributed by atoms with van der Waals surface area (Å²) in [4.78, 5) is 14.0. The van der Waals surface area contributed by atoms with Gasteiger partial charge in [0.05, 0.1) is 10.6 Å². The summed E-state index contributed by atoms with van der Waals surface area (Å²) in [7, 11) is -3.71. The number of piperidine rings is 1. The smallest absolute Gasteiger partial charge is 0.262 e. The third-order valence-electron chi connectivity index (χ3n) is 5.67. The summed E-state index contributed by atoms with van der Waals surface area (Å²) in [6.07, 6.45) is 2.50. The first kappa shape index (κ1) is 20.8. The van der Waals surface area contributed by atoms with Crippen molar-refractivity contribution in [1.82, 2.24) is 9.62 Å². The third kappa shape index (κ3) is 5.00. The Bertz CT molecular complexity index is 1010. The molecule has 0 radical (unpaired) electrons. The topological polar surface area (TPSA) is 87.7 Å². The molecule has 2 heterocycles. The molecule has 4 rings (SSSR count). The van der Waals surface area contributed by atoms with Crippen LogP contribution in [0.15, 0.2) is 47.4 Å². The van der Waals surface area contributed by atoms with Gasteiger partial charge in [-0.15, -0.1) is 0 Å². The molecular formula is C22H27N3O4S. The largest absolute Gasteiger partial charge is 0.482 e. The number of rotatable bonds is 6. The summed E-state index contributed by atoms with van der Waals surface area (Å²) in [6.45, 7) is 5.64. The first-order chi connectivity index (χ1) is 14.4. The number of nitrogens with one attached hydrogen (secondary N) is 2. The van der Waals surface area contributed by atoms with Crippen LogP contribution < -0.4 is 14.8 Å². The van der Waals surface area contributed by atoms with Crippen molar-refractivity contribution in [3.63, 3.8) is 0 Å². The molecule has 0 aliphatic carbocycles. The van der Waals surface area contributed by atoms with Crippen LogP contribution in [-0.2, 0) is 27.9 Å². The summed E-state index contributed by atoms with van der Waals surface area (Å²) >= 11 is 0. The van der Waals surface area contributed by atoms with Gasteiger partial charge in [-0.05, 0) is 61.2 Å². The van der Waals surface area contributed by atoms with Crippen LogP contribution in [0.1, 0.15) is 30.9 Å². The summed E-state index contributed by atoms with van der Waals surface area (Å²) < 4.78 is 33.2. The number of anilines is 1. The molecular weight excluding hydrogens is 402 g/mol. The van der Waals surface area contributed by atoms with Crippen molar-refractivity contribution in [3.05, 3.63) is 53.6 Å². The first-order valence-electron chi connectivity index (χ1n) is 10.3. The number of sulfonamides is 1. The van der Waals surface area contributed by atoms with Gasteiger partial charge in [-0.3, -0.25) is 9.69 Å². The summed E-state index contributed by atoms with van der Waals surface area (Å²) in [5.74, 6) is 0.979. The molecule has 160 valence electrons. The van der Waals surface area contributed by atoms with Gasteiger partial charge in [0.2, 0.25) is 10.0 Å². The molecule has 2 aliphatic rings. The van der Waals surface area contributed by atoms with Gasteiger partial charge >= 0.3 is 0 Å². The van der Waals surface area contributed by atoms with Gasteiger partial charge in [0.15, 0.2) is 6.61 Å². The fraction of sp³-hybridized carbons (Fsp3) is 0.409. The number of carbonyl (C=O) groups is 1. The number of likely N-dealkylation sites (tertiary alicyclic amines) is 1. The van der Waals surface area contributed by atoms with Gasteiger partial charge in [0.25, 0.3) is 5.91 Å². The molecule has 0 bridgehead atoms. The number of ether oxygens (including phenoxy) is 1. The van der Waals surface area contributed by atoms with Crippen LogP contribution >= 0.6 is 0 Å². The predicted molar refractivity (Wildman–Crippen MR) is 115 cm³/mol. The highest BCUT2D eigenvalue weighted by atomic mass is 32.2. The van der Waals surface area contributed by atoms with Gasteiger partial charge in [-0.25, -0.2) is 13.1 Å². The number of nitrogens with zero attached hydrogens (tertiary/aromatic N) is 1. The molecule has 0 unspecified atom stereocenters. The number of hydrogen-bond acceptors (Lipinski definition) is 5. The Labute approximate surface area is 177 Å². The van der Waals surface area contributed by atoms with Crippen LogP contribution in [0.4, 0.5) is 5.69 Å². The number of hydrogen-bond donors (Lipinski definition) is 2. The second kappa shape index (κ2) is 8.75. The fourth-order valence-corrected chi connectivity index (χ4v) is 4.78. The molecule has 0 atom stereocenters. The van der Waals surface area contributed by atoms with Crippen molar-refractivity contribution >= 4 is 21.6 Å². The maximum Gasteiger partial charge on any atom is 0.262 e. The second-order valence-corrected chi connectivity index (χ2v) is 9.86. The quantitative estimate of drug-likeness (QED) is 0.737. The van der Waals surface area contributed by atoms with Crippen LogP contribution in [0.25, 0.3) is 0 Å². The van der Waals surface area contributed by atoms with Crippen LogP contribution in [0.2, 0.25) is 0 Å². The van der Waals surface area contributed by atoms with Crippen LogP contribution in [0.5, 0.6) is 5.75 Å². The molecule has 2 N–H and O–H groups in total. The van der Waals surface area contributed by atoms with Crippen LogP contribution in [-0.4, -0.2) is 38.9 Å². The Kier molecular flexibility index (Phi) is 6.08. The van der Waals surface area contributed by atoms with E-state index in [2.05, 4.69) is 34.0 Å². The summed E-state index contributed by atoms with van der Waals surface area (Å²) in [5.41, 5.74) is 2.50. The minimum absolute atomic E-state index is 0.0653. The lowest BCUT2D eigenvalue weighted by Crippen LogP contribution is -2.32. The van der Waals surface area contributed by atoms with Crippen LogP contribution in [0.3, 0.4) is 0 Å². The number of fused-ring (bicyclic) bond motifs is 1. The van der Waals surface area contributed by atoms with Crippen molar-refractivity contribution in [2.24, 2.45) is 5.92 Å². The normalized spacial score (nSPS) is 17.8. The number of amides is 1. The standard InChI is InChI=1S/C22H27N3O4S/c1-16-8-10-25(11-9-16)14-18-4-2-17(3-5-18)13-23-30(27,28)19-6-7-21-20(12-19)24-22(26)15-29-21/h2-7,12,16,23H,8-11,13-15H2,1H3,(H,24,26). The van der Waals surface area contributed by atoms with Crippen molar-refractivity contribution in [2.75, 3.05) is 25.0 Å². The average Bonchev–Trinajstić information content (AvgIpc) is 2.74. The molecule has 2 aliphatic heterocycles. The molecule has 0 spiro atoms. The maximum atomic E-state index is 12.7. The highest BCUT2D eigenvalue weighted by Crippen LogP contribution is 2.30. The molecule has 7 nitrogen and oxygen atoms in total. The fourth-order valence-electron chi connectivity index (χ4n) is 3.73. The minimum Gasteiger partial charge on any atom is -0.482 e. The monoisotopic (exact) mass is 429 g/mol. The van der Waals surface area contributed by atoms with Gasteiger partial charge in [0, 0.05) is 13.1 Å². The second-order valence-electron chi connectivity index (χ2n) is 8.09. The number of benzene rings is 2. The first-order valence-corrected chi connectivity index (χ1v) is 11.7. The van der Waals surface area contributed by atoms with Gasteiger partial charge in [-0.2, -0.15) is 0 Å². The Balaban J connectivity index is 1.36. The van der Waals surface area contributed by atoms with Crippen molar-refractivity contribution in [3.8, 4) is 5.75 Å². The molecule has 1 saturated heterocycles. The molecule has 0 aromatic heterocycles. The molecule has 2 aromatic rings. The Hall–Kier alpha value is -2.42. The Morgan fingerprint density at radius 2 is 1.80 bits per heavy atom. The maximum absolute atomic E-state index is 12.7. The van der Waals surface area contributed by atoms with Gasteiger partial charge < -0.3 is 10.1 Å². The van der Waals surface area contributed by atoms with Gasteiger partial charge in [0.1, 0.15) is 5.75 Å². The predicted octanol–water partition coefficient (Wildman–Crippen LogP) is 2.73. The van der Waals surface area contributed by atoms with E-state index >= 15 is 0 Å². The van der Waals surface area contributed by atoms with E-state index in [1.54, 1.807) is 6.07 Å². The highest BCUT2D eigenvalue weighted by Gasteiger charge is 2.21. The van der Waals surface area contributed by atoms with Gasteiger partial charge in [-0.1, -0.05) is 31.2 Å². The molecule has 8 heteroatoms. The highest BCUT2D eigenvalue weighted by molar-refractivity contribution is 7.89. The summed E-state index contributed by atoms with van der Waals surface area (Å²) in [5, 5.41) is 2.63. The Morgan fingerprint density at radius 3 is 2.53 bits per heavy atom. The molecule has 1 amide bonds. The zero-order valence-electron chi connectivity index (χ0n) is 17.1. The molecule has 2 aromatic carbocycles. The average molecular weight is 430 g/mol. The lowest BCUT2D eigenvalue weighted by atomic mass is 9.99. The van der Waals surface area contributed by atoms with E-state index in [4.69, 9.17) is 4.74 Å². The van der Waals surface area contributed by atoms with Crippen molar-refractivity contribution in [1.29, 1.82) is 0 Å². The molecule has 0 saturated carbocycles. The molecule has 1 fully saturated rings. The minimum atomic E-state index is -3.71. The van der Waals surface area contributed by atoms with Crippen LogP contribution in [0, 0.1) is 5.92 Å².